The van der Waals surface area contributed by atoms with E-state index in [4.69, 9.17) is 0 Å². The fourth-order valence-corrected chi connectivity index (χ4v) is 1.47. The topological polar surface area (TPSA) is 58.2 Å². The Balaban J connectivity index is 2.39. The first-order valence-electron chi connectivity index (χ1n) is 6.31. The first-order chi connectivity index (χ1) is 8.67. The predicted octanol–water partition coefficient (Wildman–Crippen LogP) is 1.39. The summed E-state index contributed by atoms with van der Waals surface area (Å²) in [7, 11) is 0. The molecule has 0 spiro atoms. The largest absolute Gasteiger partial charge is 0.348 e. The minimum Gasteiger partial charge on any atom is -0.348 e. The summed E-state index contributed by atoms with van der Waals surface area (Å²) in [5.74, 6) is -1.15. The van der Waals surface area contributed by atoms with E-state index in [2.05, 4.69) is 17.6 Å². The summed E-state index contributed by atoms with van der Waals surface area (Å²) in [4.78, 5) is 22.7. The summed E-state index contributed by atoms with van der Waals surface area (Å²) in [6.07, 6.45) is 1.81. The Morgan fingerprint density at radius 3 is 2.06 bits per heavy atom. The van der Waals surface area contributed by atoms with Crippen molar-refractivity contribution in [3.05, 3.63) is 35.4 Å². The molecule has 4 nitrogen and oxygen atoms in total. The van der Waals surface area contributed by atoms with Crippen molar-refractivity contribution < 1.29 is 9.59 Å². The number of aryl methyl sites for hydroxylation is 1. The number of amides is 2. The first kappa shape index (κ1) is 14.2. The zero-order valence-corrected chi connectivity index (χ0v) is 11.0. The second kappa shape index (κ2) is 7.48. The summed E-state index contributed by atoms with van der Waals surface area (Å²) in [5.41, 5.74) is 2.25. The maximum absolute atomic E-state index is 11.4. The van der Waals surface area contributed by atoms with Gasteiger partial charge in [-0.15, -0.1) is 0 Å². The maximum atomic E-state index is 11.4. The molecule has 4 heteroatoms. The Bertz CT molecular complexity index is 399. The molecule has 0 heterocycles. The molecule has 0 aliphatic carbocycles. The standard InChI is InChI=1S/C14H20N2O2/c1-3-9-15-13(17)14(18)16-10-12-7-5-11(4-2)6-8-12/h5-8H,3-4,9-10H2,1-2H3,(H,15,17)(H,16,18). The lowest BCUT2D eigenvalue weighted by Crippen LogP contribution is -2.39. The molecule has 18 heavy (non-hydrogen) atoms. The second-order valence-electron chi connectivity index (χ2n) is 4.11. The molecule has 2 N–H and O–H groups in total. The lowest BCUT2D eigenvalue weighted by Gasteiger charge is -2.06. The Labute approximate surface area is 108 Å². The van der Waals surface area contributed by atoms with Crippen LogP contribution in [-0.2, 0) is 22.6 Å². The van der Waals surface area contributed by atoms with Crippen LogP contribution >= 0.6 is 0 Å². The van der Waals surface area contributed by atoms with Gasteiger partial charge in [0, 0.05) is 13.1 Å². The van der Waals surface area contributed by atoms with E-state index in [0.717, 1.165) is 18.4 Å². The van der Waals surface area contributed by atoms with Crippen LogP contribution in [0.15, 0.2) is 24.3 Å². The van der Waals surface area contributed by atoms with Crippen molar-refractivity contribution in [2.75, 3.05) is 6.54 Å². The Morgan fingerprint density at radius 1 is 0.944 bits per heavy atom. The molecule has 0 aliphatic heterocycles. The van der Waals surface area contributed by atoms with Crippen LogP contribution in [0.25, 0.3) is 0 Å². The maximum Gasteiger partial charge on any atom is 0.309 e. The van der Waals surface area contributed by atoms with Crippen molar-refractivity contribution in [2.45, 2.75) is 33.2 Å². The van der Waals surface area contributed by atoms with Crippen molar-refractivity contribution >= 4 is 11.8 Å². The van der Waals surface area contributed by atoms with Crippen LogP contribution in [0.2, 0.25) is 0 Å². The number of carbonyl (C=O) groups is 2. The molecule has 98 valence electrons. The third-order valence-corrected chi connectivity index (χ3v) is 2.63. The molecule has 0 fully saturated rings. The lowest BCUT2D eigenvalue weighted by atomic mass is 10.1. The summed E-state index contributed by atoms with van der Waals surface area (Å²) in [6.45, 7) is 4.93. The predicted molar refractivity (Wildman–Crippen MR) is 71.0 cm³/mol. The average molecular weight is 248 g/mol. The quantitative estimate of drug-likeness (QED) is 0.774. The van der Waals surface area contributed by atoms with Gasteiger partial charge in [-0.25, -0.2) is 0 Å². The highest BCUT2D eigenvalue weighted by Gasteiger charge is 2.11. The minimum absolute atomic E-state index is 0.377. The van der Waals surface area contributed by atoms with Crippen LogP contribution < -0.4 is 10.6 Å². The molecular formula is C14H20N2O2. The van der Waals surface area contributed by atoms with Crippen molar-refractivity contribution in [2.24, 2.45) is 0 Å². The molecule has 0 aromatic heterocycles. The van der Waals surface area contributed by atoms with Gasteiger partial charge in [-0.05, 0) is 24.0 Å². The summed E-state index contributed by atoms with van der Waals surface area (Å²) < 4.78 is 0. The van der Waals surface area contributed by atoms with E-state index in [-0.39, 0.29) is 0 Å². The second-order valence-corrected chi connectivity index (χ2v) is 4.11. The van der Waals surface area contributed by atoms with Gasteiger partial charge in [-0.3, -0.25) is 9.59 Å². The SMILES string of the molecule is CCCNC(=O)C(=O)NCc1ccc(CC)cc1. The van der Waals surface area contributed by atoms with Crippen LogP contribution in [0.3, 0.4) is 0 Å². The third kappa shape index (κ3) is 4.57. The van der Waals surface area contributed by atoms with E-state index >= 15 is 0 Å². The van der Waals surface area contributed by atoms with Crippen LogP contribution in [-0.4, -0.2) is 18.4 Å². The van der Waals surface area contributed by atoms with Crippen molar-refractivity contribution in [1.82, 2.24) is 10.6 Å². The van der Waals surface area contributed by atoms with Gasteiger partial charge in [0.05, 0.1) is 0 Å². The Kier molecular flexibility index (Phi) is 5.91. The minimum atomic E-state index is -0.581. The van der Waals surface area contributed by atoms with Crippen molar-refractivity contribution in [1.29, 1.82) is 0 Å². The van der Waals surface area contributed by atoms with Crippen molar-refractivity contribution in [3.8, 4) is 0 Å². The fraction of sp³-hybridized carbons (Fsp3) is 0.429. The summed E-state index contributed by atoms with van der Waals surface area (Å²) in [5, 5.41) is 5.13. The normalized spacial score (nSPS) is 9.89. The number of nitrogens with one attached hydrogen (secondary N) is 2. The molecular weight excluding hydrogens is 228 g/mol. The van der Waals surface area contributed by atoms with E-state index in [1.807, 2.05) is 31.2 Å². The molecule has 0 atom stereocenters. The van der Waals surface area contributed by atoms with Gasteiger partial charge in [0.25, 0.3) is 0 Å². The van der Waals surface area contributed by atoms with Gasteiger partial charge in [0.15, 0.2) is 0 Å². The zero-order chi connectivity index (χ0) is 13.4. The highest BCUT2D eigenvalue weighted by molar-refractivity contribution is 6.35. The number of benzene rings is 1. The van der Waals surface area contributed by atoms with E-state index < -0.39 is 11.8 Å². The molecule has 2 amide bonds. The first-order valence-corrected chi connectivity index (χ1v) is 6.31. The van der Waals surface area contributed by atoms with E-state index in [1.54, 1.807) is 0 Å². The van der Waals surface area contributed by atoms with Gasteiger partial charge < -0.3 is 10.6 Å². The number of hydrogen-bond donors (Lipinski definition) is 2. The van der Waals surface area contributed by atoms with E-state index in [0.29, 0.717) is 13.1 Å². The highest BCUT2D eigenvalue weighted by atomic mass is 16.2. The summed E-state index contributed by atoms with van der Waals surface area (Å²) in [6, 6.07) is 7.98. The molecule has 0 saturated carbocycles. The lowest BCUT2D eigenvalue weighted by molar-refractivity contribution is -0.139. The molecule has 0 unspecified atom stereocenters. The highest BCUT2D eigenvalue weighted by Crippen LogP contribution is 2.04. The van der Waals surface area contributed by atoms with Gasteiger partial charge in [0.1, 0.15) is 0 Å². The molecule has 0 bridgehead atoms. The molecule has 0 saturated heterocycles. The zero-order valence-electron chi connectivity index (χ0n) is 11.0. The van der Waals surface area contributed by atoms with Crippen LogP contribution in [0, 0.1) is 0 Å². The molecule has 1 aromatic rings. The van der Waals surface area contributed by atoms with Crippen molar-refractivity contribution in [3.63, 3.8) is 0 Å². The van der Waals surface area contributed by atoms with Crippen LogP contribution in [0.5, 0.6) is 0 Å². The third-order valence-electron chi connectivity index (χ3n) is 2.63. The molecule has 0 aliphatic rings. The van der Waals surface area contributed by atoms with Gasteiger partial charge in [-0.2, -0.15) is 0 Å². The Hall–Kier alpha value is -1.84. The Morgan fingerprint density at radius 2 is 1.50 bits per heavy atom. The average Bonchev–Trinajstić information content (AvgIpc) is 2.42. The smallest absolute Gasteiger partial charge is 0.309 e. The summed E-state index contributed by atoms with van der Waals surface area (Å²) >= 11 is 0. The van der Waals surface area contributed by atoms with E-state index in [1.165, 1.54) is 5.56 Å². The number of hydrogen-bond acceptors (Lipinski definition) is 2. The van der Waals surface area contributed by atoms with Gasteiger partial charge in [-0.1, -0.05) is 38.1 Å². The van der Waals surface area contributed by atoms with Crippen LogP contribution in [0.1, 0.15) is 31.4 Å². The molecule has 1 aromatic carbocycles. The van der Waals surface area contributed by atoms with Crippen LogP contribution in [0.4, 0.5) is 0 Å². The number of carbonyl (C=O) groups excluding carboxylic acids is 2. The fourth-order valence-electron chi connectivity index (χ4n) is 1.47. The van der Waals surface area contributed by atoms with Gasteiger partial charge >= 0.3 is 11.8 Å². The molecule has 0 radical (unpaired) electrons. The number of rotatable bonds is 5. The van der Waals surface area contributed by atoms with Gasteiger partial charge in [0.2, 0.25) is 0 Å². The van der Waals surface area contributed by atoms with E-state index in [9.17, 15) is 9.59 Å². The monoisotopic (exact) mass is 248 g/mol. The molecule has 1 rings (SSSR count).